The van der Waals surface area contributed by atoms with Gasteiger partial charge in [0, 0.05) is 34.8 Å². The lowest BCUT2D eigenvalue weighted by Gasteiger charge is -2.26. The fourth-order valence-corrected chi connectivity index (χ4v) is 8.43. The summed E-state index contributed by atoms with van der Waals surface area (Å²) in [6, 6.07) is 18.9. The van der Waals surface area contributed by atoms with Crippen LogP contribution in [0.25, 0.3) is 20.8 Å². The topological polar surface area (TPSA) is 91.4 Å². The summed E-state index contributed by atoms with van der Waals surface area (Å²) in [5.41, 5.74) is 3.67. The molecule has 0 radical (unpaired) electrons. The lowest BCUT2D eigenvalue weighted by molar-refractivity contribution is 0.102. The van der Waals surface area contributed by atoms with E-state index in [1.165, 1.54) is 28.6 Å². The molecule has 3 heterocycles. The Bertz CT molecular complexity index is 1820. The monoisotopic (exact) mass is 606 g/mol. The Kier molecular flexibility index (Phi) is 7.60. The first-order valence-electron chi connectivity index (χ1n) is 13.2. The van der Waals surface area contributed by atoms with Gasteiger partial charge in [0.1, 0.15) is 15.8 Å². The minimum Gasteiger partial charge on any atom is -0.313 e. The molecule has 6 rings (SSSR count). The van der Waals surface area contributed by atoms with Crippen LogP contribution >= 0.6 is 22.7 Å². The SMILES string of the molecule is CCCN1CCc2c(sc(NC(=O)c3cccc(NS(=O)(=O)c4ccc(F)cc4)c3)c2-c2nc3ccccc3s2)C1. The van der Waals surface area contributed by atoms with E-state index < -0.39 is 15.8 Å². The highest BCUT2D eigenvalue weighted by Gasteiger charge is 2.28. The van der Waals surface area contributed by atoms with Gasteiger partial charge in [-0.3, -0.25) is 14.4 Å². The maximum absolute atomic E-state index is 13.5. The first-order chi connectivity index (χ1) is 19.8. The highest BCUT2D eigenvalue weighted by Crippen LogP contribution is 2.45. The zero-order valence-electron chi connectivity index (χ0n) is 22.2. The molecule has 11 heteroatoms. The molecule has 0 atom stereocenters. The van der Waals surface area contributed by atoms with Crippen molar-refractivity contribution in [2.75, 3.05) is 23.1 Å². The van der Waals surface area contributed by atoms with Crippen molar-refractivity contribution >= 4 is 59.5 Å². The smallest absolute Gasteiger partial charge is 0.261 e. The summed E-state index contributed by atoms with van der Waals surface area (Å²) < 4.78 is 42.5. The molecule has 1 aliphatic rings. The van der Waals surface area contributed by atoms with Crippen LogP contribution < -0.4 is 10.0 Å². The average Bonchev–Trinajstić information content (AvgIpc) is 3.53. The number of nitrogens with zero attached hydrogens (tertiary/aromatic N) is 2. The van der Waals surface area contributed by atoms with Crippen LogP contribution in [0.4, 0.5) is 15.1 Å². The highest BCUT2D eigenvalue weighted by atomic mass is 32.2. The van der Waals surface area contributed by atoms with E-state index in [-0.39, 0.29) is 16.5 Å². The van der Waals surface area contributed by atoms with Gasteiger partial charge in [0.2, 0.25) is 0 Å². The second kappa shape index (κ2) is 11.3. The lowest BCUT2D eigenvalue weighted by atomic mass is 10.0. The molecule has 0 saturated carbocycles. The van der Waals surface area contributed by atoms with E-state index in [4.69, 9.17) is 4.98 Å². The van der Waals surface area contributed by atoms with E-state index in [9.17, 15) is 17.6 Å². The number of benzene rings is 3. The number of amides is 1. The minimum absolute atomic E-state index is 0.0736. The molecule has 210 valence electrons. The number of thiophene rings is 1. The average molecular weight is 607 g/mol. The molecular weight excluding hydrogens is 580 g/mol. The molecule has 5 aromatic rings. The van der Waals surface area contributed by atoms with Crippen molar-refractivity contribution in [3.63, 3.8) is 0 Å². The number of aromatic nitrogens is 1. The van der Waals surface area contributed by atoms with Crippen molar-refractivity contribution in [3.8, 4) is 10.6 Å². The Balaban J connectivity index is 1.31. The number of rotatable bonds is 8. The first kappa shape index (κ1) is 27.5. The molecule has 0 unspecified atom stereocenters. The number of para-hydroxylation sites is 1. The number of carbonyl (C=O) groups is 1. The minimum atomic E-state index is -3.96. The number of halogens is 1. The third-order valence-electron chi connectivity index (χ3n) is 6.91. The summed E-state index contributed by atoms with van der Waals surface area (Å²) in [5.74, 6) is -0.875. The van der Waals surface area contributed by atoms with Gasteiger partial charge in [0.15, 0.2) is 0 Å². The molecule has 0 aliphatic carbocycles. The van der Waals surface area contributed by atoms with Crippen molar-refractivity contribution < 1.29 is 17.6 Å². The predicted octanol–water partition coefficient (Wildman–Crippen LogP) is 6.99. The zero-order chi connectivity index (χ0) is 28.6. The number of fused-ring (bicyclic) bond motifs is 2. The molecule has 2 aromatic heterocycles. The Morgan fingerprint density at radius 3 is 2.63 bits per heavy atom. The van der Waals surface area contributed by atoms with E-state index in [2.05, 4.69) is 27.9 Å². The quantitative estimate of drug-likeness (QED) is 0.199. The number of carbonyl (C=O) groups excluding carboxylic acids is 1. The third kappa shape index (κ3) is 5.76. The van der Waals surface area contributed by atoms with Gasteiger partial charge < -0.3 is 5.32 Å². The summed E-state index contributed by atoms with van der Waals surface area (Å²) >= 11 is 3.20. The first-order valence-corrected chi connectivity index (χ1v) is 16.3. The fourth-order valence-electron chi connectivity index (χ4n) is 4.98. The molecule has 41 heavy (non-hydrogen) atoms. The van der Waals surface area contributed by atoms with E-state index >= 15 is 0 Å². The van der Waals surface area contributed by atoms with Crippen molar-refractivity contribution in [1.82, 2.24) is 9.88 Å². The van der Waals surface area contributed by atoms with Gasteiger partial charge in [-0.2, -0.15) is 0 Å². The largest absolute Gasteiger partial charge is 0.313 e. The van der Waals surface area contributed by atoms with E-state index in [1.54, 1.807) is 40.9 Å². The van der Waals surface area contributed by atoms with Crippen molar-refractivity contribution in [1.29, 1.82) is 0 Å². The summed E-state index contributed by atoms with van der Waals surface area (Å²) in [6.45, 7) is 4.99. The van der Waals surface area contributed by atoms with Crippen molar-refractivity contribution in [3.05, 3.63) is 94.6 Å². The standard InChI is InChI=1S/C30H27FN4O3S3/c1-2-15-35-16-14-23-26(18-35)40-30(27(23)29-32-24-8-3-4-9-25(24)39-29)33-28(36)19-6-5-7-21(17-19)34-41(37,38)22-12-10-20(31)11-13-22/h3-13,17,34H,2,14-16,18H2,1H3,(H,33,36). The molecule has 3 aromatic carbocycles. The van der Waals surface area contributed by atoms with Gasteiger partial charge in [-0.05, 0) is 79.5 Å². The van der Waals surface area contributed by atoms with Gasteiger partial charge in [0.05, 0.1) is 15.1 Å². The number of hydrogen-bond donors (Lipinski definition) is 2. The third-order valence-corrected chi connectivity index (χ3v) is 10.5. The number of thiazole rings is 1. The lowest BCUT2D eigenvalue weighted by Crippen LogP contribution is -2.30. The molecule has 2 N–H and O–H groups in total. The number of nitrogens with one attached hydrogen (secondary N) is 2. The van der Waals surface area contributed by atoms with E-state index in [0.717, 1.165) is 70.4 Å². The van der Waals surface area contributed by atoms with Crippen LogP contribution in [-0.4, -0.2) is 37.3 Å². The van der Waals surface area contributed by atoms with Gasteiger partial charge in [0.25, 0.3) is 15.9 Å². The van der Waals surface area contributed by atoms with Crippen LogP contribution in [0.3, 0.4) is 0 Å². The van der Waals surface area contributed by atoms with Gasteiger partial charge in [-0.1, -0.05) is 25.1 Å². The molecule has 0 fully saturated rings. The summed E-state index contributed by atoms with van der Waals surface area (Å²) in [7, 11) is -3.96. The van der Waals surface area contributed by atoms with E-state index in [1.807, 2.05) is 18.2 Å². The van der Waals surface area contributed by atoms with Gasteiger partial charge in [-0.25, -0.2) is 17.8 Å². The van der Waals surface area contributed by atoms with Crippen LogP contribution in [0.2, 0.25) is 0 Å². The molecule has 1 aliphatic heterocycles. The highest BCUT2D eigenvalue weighted by molar-refractivity contribution is 7.92. The summed E-state index contributed by atoms with van der Waals surface area (Å²) in [5, 5.41) is 4.73. The van der Waals surface area contributed by atoms with Crippen LogP contribution in [0.15, 0.2) is 77.7 Å². The fraction of sp³-hybridized carbons (Fsp3) is 0.200. The molecule has 0 spiro atoms. The Hall–Kier alpha value is -3.64. The Morgan fingerprint density at radius 2 is 1.85 bits per heavy atom. The van der Waals surface area contributed by atoms with Gasteiger partial charge in [-0.15, -0.1) is 22.7 Å². The molecule has 0 saturated heterocycles. The summed E-state index contributed by atoms with van der Waals surface area (Å²) in [4.78, 5) is 22.0. The second-order valence-corrected chi connectivity index (χ2v) is 13.6. The zero-order valence-corrected chi connectivity index (χ0v) is 24.6. The summed E-state index contributed by atoms with van der Waals surface area (Å²) in [6.07, 6.45) is 1.96. The van der Waals surface area contributed by atoms with Crippen LogP contribution in [0.1, 0.15) is 34.1 Å². The van der Waals surface area contributed by atoms with Gasteiger partial charge >= 0.3 is 0 Å². The maximum Gasteiger partial charge on any atom is 0.261 e. The number of sulfonamides is 1. The molecule has 1 amide bonds. The van der Waals surface area contributed by atoms with Crippen LogP contribution in [0, 0.1) is 5.82 Å². The van der Waals surface area contributed by atoms with Crippen molar-refractivity contribution in [2.45, 2.75) is 31.2 Å². The number of anilines is 2. The molecule has 0 bridgehead atoms. The predicted molar refractivity (Wildman–Crippen MR) is 164 cm³/mol. The second-order valence-electron chi connectivity index (χ2n) is 9.82. The van der Waals surface area contributed by atoms with E-state index in [0.29, 0.717) is 5.56 Å². The van der Waals surface area contributed by atoms with Crippen LogP contribution in [-0.2, 0) is 23.0 Å². The normalized spacial score (nSPS) is 13.7. The van der Waals surface area contributed by atoms with Crippen molar-refractivity contribution in [2.24, 2.45) is 0 Å². The molecular formula is C30H27FN4O3S3. The maximum atomic E-state index is 13.5. The van der Waals surface area contributed by atoms with Crippen LogP contribution in [0.5, 0.6) is 0 Å². The Morgan fingerprint density at radius 1 is 1.05 bits per heavy atom. The molecule has 7 nitrogen and oxygen atoms in total. The Labute approximate surface area is 245 Å². The number of hydrogen-bond acceptors (Lipinski definition) is 7.